The molecule has 23 heavy (non-hydrogen) atoms. The van der Waals surface area contributed by atoms with Crippen LogP contribution in [0.2, 0.25) is 5.02 Å². The Hall–Kier alpha value is -2.07. The van der Waals surface area contributed by atoms with Crippen LogP contribution in [0.1, 0.15) is 23.2 Å². The summed E-state index contributed by atoms with van der Waals surface area (Å²) in [6, 6.07) is 14.3. The van der Waals surface area contributed by atoms with Crippen molar-refractivity contribution in [2.24, 2.45) is 0 Å². The van der Waals surface area contributed by atoms with E-state index in [1.165, 1.54) is 12.1 Å². The SMILES string of the molecule is O=C(c1ccc(Cl)c(F)c1)N1CCC[C@H](Nc2ccccc2)C1. The van der Waals surface area contributed by atoms with Crippen molar-refractivity contribution in [2.75, 3.05) is 18.4 Å². The molecule has 1 saturated heterocycles. The number of carbonyl (C=O) groups excluding carboxylic acids is 1. The van der Waals surface area contributed by atoms with E-state index in [0.717, 1.165) is 18.5 Å². The standard InChI is InChI=1S/C18H18ClFN2O/c19-16-9-8-13(11-17(16)20)18(23)22-10-4-7-15(12-22)21-14-5-2-1-3-6-14/h1-3,5-6,8-9,11,15,21H,4,7,10,12H2/t15-/m0/s1. The van der Waals surface area contributed by atoms with E-state index < -0.39 is 5.82 Å². The average molecular weight is 333 g/mol. The number of hydrogen-bond donors (Lipinski definition) is 1. The number of halogens is 2. The molecule has 1 N–H and O–H groups in total. The molecule has 3 nitrogen and oxygen atoms in total. The van der Waals surface area contributed by atoms with Gasteiger partial charge < -0.3 is 10.2 Å². The molecule has 0 saturated carbocycles. The number of nitrogens with one attached hydrogen (secondary N) is 1. The summed E-state index contributed by atoms with van der Waals surface area (Å²) >= 11 is 5.67. The molecular weight excluding hydrogens is 315 g/mol. The van der Waals surface area contributed by atoms with Crippen molar-refractivity contribution in [3.8, 4) is 0 Å². The predicted octanol–water partition coefficient (Wildman–Crippen LogP) is 4.20. The van der Waals surface area contributed by atoms with Gasteiger partial charge in [0.05, 0.1) is 5.02 Å². The summed E-state index contributed by atoms with van der Waals surface area (Å²) in [5.74, 6) is -0.714. The van der Waals surface area contributed by atoms with Gasteiger partial charge in [0, 0.05) is 30.4 Å². The number of rotatable bonds is 3. The van der Waals surface area contributed by atoms with Crippen molar-refractivity contribution in [2.45, 2.75) is 18.9 Å². The van der Waals surface area contributed by atoms with Crippen LogP contribution in [0.5, 0.6) is 0 Å². The minimum atomic E-state index is -0.562. The van der Waals surface area contributed by atoms with E-state index in [2.05, 4.69) is 5.32 Å². The van der Waals surface area contributed by atoms with Gasteiger partial charge in [-0.2, -0.15) is 0 Å². The number of likely N-dealkylation sites (tertiary alicyclic amines) is 1. The number of hydrogen-bond acceptors (Lipinski definition) is 2. The minimum Gasteiger partial charge on any atom is -0.381 e. The molecule has 1 fully saturated rings. The molecule has 0 aliphatic carbocycles. The van der Waals surface area contributed by atoms with Gasteiger partial charge in [-0.1, -0.05) is 29.8 Å². The molecule has 1 aliphatic heterocycles. The lowest BCUT2D eigenvalue weighted by atomic mass is 10.0. The Morgan fingerprint density at radius 2 is 2.00 bits per heavy atom. The second-order valence-corrected chi connectivity index (χ2v) is 6.14. The van der Waals surface area contributed by atoms with Crippen molar-refractivity contribution in [3.05, 3.63) is 64.9 Å². The summed E-state index contributed by atoms with van der Waals surface area (Å²) in [4.78, 5) is 14.3. The largest absolute Gasteiger partial charge is 0.381 e. The third-order valence-electron chi connectivity index (χ3n) is 4.02. The van der Waals surface area contributed by atoms with Crippen molar-refractivity contribution < 1.29 is 9.18 Å². The van der Waals surface area contributed by atoms with Crippen LogP contribution in [0.3, 0.4) is 0 Å². The molecule has 0 radical (unpaired) electrons. The highest BCUT2D eigenvalue weighted by Gasteiger charge is 2.24. The number of benzene rings is 2. The molecule has 0 spiro atoms. The molecule has 1 atom stereocenters. The fourth-order valence-corrected chi connectivity index (χ4v) is 2.98. The summed E-state index contributed by atoms with van der Waals surface area (Å²) in [7, 11) is 0. The average Bonchev–Trinajstić information content (AvgIpc) is 2.58. The van der Waals surface area contributed by atoms with Crippen LogP contribution < -0.4 is 5.32 Å². The Labute approximate surface area is 140 Å². The maximum atomic E-state index is 13.6. The highest BCUT2D eigenvalue weighted by Crippen LogP contribution is 2.20. The maximum Gasteiger partial charge on any atom is 0.254 e. The van der Waals surface area contributed by atoms with Crippen molar-refractivity contribution in [1.82, 2.24) is 4.90 Å². The summed E-state index contributed by atoms with van der Waals surface area (Å²) in [5.41, 5.74) is 1.39. The fourth-order valence-electron chi connectivity index (χ4n) is 2.86. The monoisotopic (exact) mass is 332 g/mol. The minimum absolute atomic E-state index is 0.0313. The first-order valence-corrected chi connectivity index (χ1v) is 8.07. The molecule has 120 valence electrons. The molecule has 2 aromatic carbocycles. The van der Waals surface area contributed by atoms with Crippen LogP contribution in [-0.2, 0) is 0 Å². The van der Waals surface area contributed by atoms with Crippen LogP contribution in [-0.4, -0.2) is 29.9 Å². The number of para-hydroxylation sites is 1. The molecule has 3 rings (SSSR count). The molecule has 2 aromatic rings. The summed E-state index contributed by atoms with van der Waals surface area (Å²) in [6.45, 7) is 1.30. The molecule has 0 aromatic heterocycles. The summed E-state index contributed by atoms with van der Waals surface area (Å²) in [6.07, 6.45) is 1.93. The molecule has 1 aliphatic rings. The van der Waals surface area contributed by atoms with Crippen LogP contribution in [0.25, 0.3) is 0 Å². The number of anilines is 1. The first-order valence-electron chi connectivity index (χ1n) is 7.69. The predicted molar refractivity (Wildman–Crippen MR) is 90.4 cm³/mol. The molecule has 1 heterocycles. The lowest BCUT2D eigenvalue weighted by Crippen LogP contribution is -2.45. The van der Waals surface area contributed by atoms with Gasteiger partial charge in [0.2, 0.25) is 0 Å². The van der Waals surface area contributed by atoms with E-state index in [1.54, 1.807) is 11.0 Å². The smallest absolute Gasteiger partial charge is 0.254 e. The highest BCUT2D eigenvalue weighted by atomic mass is 35.5. The summed E-state index contributed by atoms with van der Waals surface area (Å²) < 4.78 is 13.6. The molecule has 5 heteroatoms. The molecular formula is C18H18ClFN2O. The van der Waals surface area contributed by atoms with E-state index >= 15 is 0 Å². The Morgan fingerprint density at radius 1 is 1.22 bits per heavy atom. The van der Waals surface area contributed by atoms with Crippen molar-refractivity contribution >= 4 is 23.2 Å². The van der Waals surface area contributed by atoms with Crippen molar-refractivity contribution in [1.29, 1.82) is 0 Å². The lowest BCUT2D eigenvalue weighted by Gasteiger charge is -2.33. The van der Waals surface area contributed by atoms with Gasteiger partial charge in [-0.3, -0.25) is 4.79 Å². The van der Waals surface area contributed by atoms with E-state index in [1.807, 2.05) is 30.3 Å². The Kier molecular flexibility index (Phi) is 4.82. The third kappa shape index (κ3) is 3.82. The lowest BCUT2D eigenvalue weighted by molar-refractivity contribution is 0.0714. The Balaban J connectivity index is 1.68. The van der Waals surface area contributed by atoms with Gasteiger partial charge in [-0.25, -0.2) is 4.39 Å². The first kappa shape index (κ1) is 15.8. The highest BCUT2D eigenvalue weighted by molar-refractivity contribution is 6.30. The third-order valence-corrected chi connectivity index (χ3v) is 4.33. The van der Waals surface area contributed by atoms with E-state index in [-0.39, 0.29) is 17.0 Å². The van der Waals surface area contributed by atoms with Gasteiger partial charge in [-0.15, -0.1) is 0 Å². The quantitative estimate of drug-likeness (QED) is 0.913. The van der Waals surface area contributed by atoms with E-state index in [4.69, 9.17) is 11.6 Å². The normalized spacial score (nSPS) is 17.8. The number of carbonyl (C=O) groups is 1. The zero-order valence-electron chi connectivity index (χ0n) is 12.6. The Bertz CT molecular complexity index is 693. The fraction of sp³-hybridized carbons (Fsp3) is 0.278. The Morgan fingerprint density at radius 3 is 2.74 bits per heavy atom. The second-order valence-electron chi connectivity index (χ2n) is 5.73. The van der Waals surface area contributed by atoms with Crippen LogP contribution >= 0.6 is 11.6 Å². The van der Waals surface area contributed by atoms with Crippen LogP contribution in [0.4, 0.5) is 10.1 Å². The number of nitrogens with zero attached hydrogens (tertiary/aromatic N) is 1. The van der Waals surface area contributed by atoms with Gasteiger partial charge in [0.15, 0.2) is 0 Å². The zero-order chi connectivity index (χ0) is 16.2. The topological polar surface area (TPSA) is 32.3 Å². The second kappa shape index (κ2) is 7.01. The van der Waals surface area contributed by atoms with Crippen LogP contribution in [0.15, 0.2) is 48.5 Å². The van der Waals surface area contributed by atoms with Gasteiger partial charge >= 0.3 is 0 Å². The molecule has 0 bridgehead atoms. The molecule has 1 amide bonds. The van der Waals surface area contributed by atoms with Gasteiger partial charge in [-0.05, 0) is 43.2 Å². The van der Waals surface area contributed by atoms with E-state index in [9.17, 15) is 9.18 Å². The summed E-state index contributed by atoms with van der Waals surface area (Å²) in [5, 5.41) is 3.48. The number of amides is 1. The van der Waals surface area contributed by atoms with Crippen LogP contribution in [0, 0.1) is 5.82 Å². The van der Waals surface area contributed by atoms with E-state index in [0.29, 0.717) is 18.7 Å². The maximum absolute atomic E-state index is 13.6. The van der Waals surface area contributed by atoms with Gasteiger partial charge in [0.1, 0.15) is 5.82 Å². The first-order chi connectivity index (χ1) is 11.1. The molecule has 0 unspecified atom stereocenters. The number of piperidine rings is 1. The zero-order valence-corrected chi connectivity index (χ0v) is 13.4. The van der Waals surface area contributed by atoms with Gasteiger partial charge in [0.25, 0.3) is 5.91 Å². The van der Waals surface area contributed by atoms with Crippen molar-refractivity contribution in [3.63, 3.8) is 0 Å².